The van der Waals surface area contributed by atoms with Gasteiger partial charge in [-0.25, -0.2) is 4.79 Å². The second kappa shape index (κ2) is 13.4. The number of aromatic nitrogens is 1. The SMILES string of the molecule is CCCCCCCCCCCOc1ccc(NC(=O)Oc2cccc3cccnc23)cc1. The average Bonchev–Trinajstić information content (AvgIpc) is 2.81. The highest BCUT2D eigenvalue weighted by Crippen LogP contribution is 2.24. The van der Waals surface area contributed by atoms with Gasteiger partial charge in [0.05, 0.1) is 6.61 Å². The summed E-state index contributed by atoms with van der Waals surface area (Å²) >= 11 is 0. The number of hydrogen-bond donors (Lipinski definition) is 1. The van der Waals surface area contributed by atoms with E-state index in [1.807, 2.05) is 48.5 Å². The van der Waals surface area contributed by atoms with Crippen molar-refractivity contribution in [3.05, 3.63) is 60.8 Å². The summed E-state index contributed by atoms with van der Waals surface area (Å²) in [5.74, 6) is 1.24. The number of carbonyl (C=O) groups excluding carboxylic acids is 1. The van der Waals surface area contributed by atoms with Gasteiger partial charge in [0, 0.05) is 17.3 Å². The summed E-state index contributed by atoms with van der Waals surface area (Å²) < 4.78 is 11.3. The largest absolute Gasteiger partial charge is 0.494 e. The monoisotopic (exact) mass is 434 g/mol. The maximum atomic E-state index is 12.3. The minimum Gasteiger partial charge on any atom is -0.494 e. The normalized spacial score (nSPS) is 10.8. The van der Waals surface area contributed by atoms with Crippen LogP contribution in [-0.4, -0.2) is 17.7 Å². The molecule has 0 saturated carbocycles. The van der Waals surface area contributed by atoms with Crippen LogP contribution in [0.5, 0.6) is 11.5 Å². The number of amides is 1. The first-order valence-corrected chi connectivity index (χ1v) is 11.8. The van der Waals surface area contributed by atoms with E-state index in [0.717, 1.165) is 24.2 Å². The van der Waals surface area contributed by atoms with Crippen LogP contribution in [-0.2, 0) is 0 Å². The Labute approximate surface area is 191 Å². The van der Waals surface area contributed by atoms with Crippen LogP contribution in [0, 0.1) is 0 Å². The van der Waals surface area contributed by atoms with Crippen LogP contribution in [0.3, 0.4) is 0 Å². The van der Waals surface area contributed by atoms with E-state index in [1.54, 1.807) is 12.3 Å². The molecule has 1 aromatic heterocycles. The van der Waals surface area contributed by atoms with E-state index in [2.05, 4.69) is 17.2 Å². The highest BCUT2D eigenvalue weighted by atomic mass is 16.6. The fourth-order valence-corrected chi connectivity index (χ4v) is 3.64. The molecule has 1 heterocycles. The van der Waals surface area contributed by atoms with Crippen LogP contribution in [0.2, 0.25) is 0 Å². The lowest BCUT2D eigenvalue weighted by atomic mass is 10.1. The van der Waals surface area contributed by atoms with Gasteiger partial charge in [-0.1, -0.05) is 76.5 Å². The van der Waals surface area contributed by atoms with E-state index in [1.165, 1.54) is 51.4 Å². The standard InChI is InChI=1S/C27H34N2O3/c1-2-3-4-5-6-7-8-9-10-21-31-24-18-16-23(17-19-24)29-27(30)32-25-15-11-13-22-14-12-20-28-26(22)25/h11-20H,2-10,21H2,1H3,(H,29,30). The van der Waals surface area contributed by atoms with Crippen molar-refractivity contribution in [3.63, 3.8) is 0 Å². The fourth-order valence-electron chi connectivity index (χ4n) is 3.64. The average molecular weight is 435 g/mol. The number of ether oxygens (including phenoxy) is 2. The summed E-state index contributed by atoms with van der Waals surface area (Å²) in [6.45, 7) is 2.97. The summed E-state index contributed by atoms with van der Waals surface area (Å²) in [7, 11) is 0. The van der Waals surface area contributed by atoms with Crippen molar-refractivity contribution in [3.8, 4) is 11.5 Å². The number of unbranched alkanes of at least 4 members (excludes halogenated alkanes) is 8. The van der Waals surface area contributed by atoms with Gasteiger partial charge >= 0.3 is 6.09 Å². The molecular formula is C27H34N2O3. The maximum Gasteiger partial charge on any atom is 0.417 e. The van der Waals surface area contributed by atoms with Crippen molar-refractivity contribution in [2.45, 2.75) is 64.7 Å². The number of hydrogen-bond acceptors (Lipinski definition) is 4. The first-order valence-electron chi connectivity index (χ1n) is 11.8. The summed E-state index contributed by atoms with van der Waals surface area (Å²) in [4.78, 5) is 16.6. The lowest BCUT2D eigenvalue weighted by Crippen LogP contribution is -2.16. The number of para-hydroxylation sites is 1. The van der Waals surface area contributed by atoms with Gasteiger partial charge in [-0.2, -0.15) is 0 Å². The molecule has 32 heavy (non-hydrogen) atoms. The van der Waals surface area contributed by atoms with Crippen LogP contribution in [0.15, 0.2) is 60.8 Å². The second-order valence-electron chi connectivity index (χ2n) is 8.05. The van der Waals surface area contributed by atoms with Crippen molar-refractivity contribution in [2.24, 2.45) is 0 Å². The smallest absolute Gasteiger partial charge is 0.417 e. The zero-order valence-electron chi connectivity index (χ0n) is 19.0. The molecule has 0 unspecified atom stereocenters. The van der Waals surface area contributed by atoms with E-state index in [-0.39, 0.29) is 0 Å². The lowest BCUT2D eigenvalue weighted by molar-refractivity contribution is 0.215. The molecule has 5 nitrogen and oxygen atoms in total. The van der Waals surface area contributed by atoms with Gasteiger partial charge in [-0.3, -0.25) is 10.3 Å². The first-order chi connectivity index (χ1) is 15.8. The van der Waals surface area contributed by atoms with Crippen LogP contribution >= 0.6 is 0 Å². The molecule has 0 fully saturated rings. The van der Waals surface area contributed by atoms with E-state index < -0.39 is 6.09 Å². The number of nitrogens with one attached hydrogen (secondary N) is 1. The summed E-state index contributed by atoms with van der Waals surface area (Å²) in [5.41, 5.74) is 1.31. The third-order valence-electron chi connectivity index (χ3n) is 5.42. The van der Waals surface area contributed by atoms with Crippen molar-refractivity contribution < 1.29 is 14.3 Å². The van der Waals surface area contributed by atoms with Crippen LogP contribution < -0.4 is 14.8 Å². The second-order valence-corrected chi connectivity index (χ2v) is 8.05. The molecule has 3 rings (SSSR count). The van der Waals surface area contributed by atoms with E-state index in [0.29, 0.717) is 17.0 Å². The van der Waals surface area contributed by atoms with Crippen LogP contribution in [0.4, 0.5) is 10.5 Å². The van der Waals surface area contributed by atoms with E-state index >= 15 is 0 Å². The first kappa shape index (κ1) is 23.6. The van der Waals surface area contributed by atoms with Crippen LogP contribution in [0.25, 0.3) is 10.9 Å². The highest BCUT2D eigenvalue weighted by molar-refractivity contribution is 5.91. The Bertz CT molecular complexity index is 951. The number of rotatable bonds is 13. The Kier molecular flexibility index (Phi) is 9.84. The number of anilines is 1. The lowest BCUT2D eigenvalue weighted by Gasteiger charge is -2.10. The molecule has 2 aromatic carbocycles. The number of pyridine rings is 1. The molecule has 3 aromatic rings. The van der Waals surface area contributed by atoms with Gasteiger partial charge in [0.2, 0.25) is 0 Å². The predicted molar refractivity (Wildman–Crippen MR) is 131 cm³/mol. The molecule has 0 saturated heterocycles. The molecule has 0 aliphatic carbocycles. The quantitative estimate of drug-likeness (QED) is 0.279. The molecule has 1 amide bonds. The zero-order valence-corrected chi connectivity index (χ0v) is 19.0. The molecule has 0 radical (unpaired) electrons. The molecule has 0 atom stereocenters. The van der Waals surface area contributed by atoms with Gasteiger partial charge in [-0.15, -0.1) is 0 Å². The number of benzene rings is 2. The van der Waals surface area contributed by atoms with Gasteiger partial charge in [-0.05, 0) is 42.8 Å². The topological polar surface area (TPSA) is 60.5 Å². The van der Waals surface area contributed by atoms with E-state index in [9.17, 15) is 4.79 Å². The Balaban J connectivity index is 1.34. The fraction of sp³-hybridized carbons (Fsp3) is 0.407. The molecule has 170 valence electrons. The van der Waals surface area contributed by atoms with Gasteiger partial charge < -0.3 is 9.47 Å². The van der Waals surface area contributed by atoms with E-state index in [4.69, 9.17) is 9.47 Å². The van der Waals surface area contributed by atoms with Crippen molar-refractivity contribution >= 4 is 22.7 Å². The summed E-state index contributed by atoms with van der Waals surface area (Å²) in [6.07, 6.45) is 12.8. The third-order valence-corrected chi connectivity index (χ3v) is 5.42. The summed E-state index contributed by atoms with van der Waals surface area (Å²) in [6, 6.07) is 16.6. The molecule has 0 aliphatic heterocycles. The third kappa shape index (κ3) is 7.88. The Morgan fingerprint density at radius 3 is 2.28 bits per heavy atom. The van der Waals surface area contributed by atoms with Gasteiger partial charge in [0.1, 0.15) is 11.3 Å². The Morgan fingerprint density at radius 1 is 0.844 bits per heavy atom. The van der Waals surface area contributed by atoms with Crippen molar-refractivity contribution in [2.75, 3.05) is 11.9 Å². The van der Waals surface area contributed by atoms with Crippen molar-refractivity contribution in [1.82, 2.24) is 4.98 Å². The van der Waals surface area contributed by atoms with Gasteiger partial charge in [0.25, 0.3) is 0 Å². The number of nitrogens with zero attached hydrogens (tertiary/aromatic N) is 1. The molecule has 0 bridgehead atoms. The molecule has 1 N–H and O–H groups in total. The minimum absolute atomic E-state index is 0.432. The molecular weight excluding hydrogens is 400 g/mol. The van der Waals surface area contributed by atoms with Gasteiger partial charge in [0.15, 0.2) is 5.75 Å². The highest BCUT2D eigenvalue weighted by Gasteiger charge is 2.09. The Morgan fingerprint density at radius 2 is 1.53 bits per heavy atom. The minimum atomic E-state index is -0.550. The zero-order chi connectivity index (χ0) is 22.4. The molecule has 0 spiro atoms. The van der Waals surface area contributed by atoms with Crippen LogP contribution in [0.1, 0.15) is 64.7 Å². The molecule has 5 heteroatoms. The van der Waals surface area contributed by atoms with Crippen molar-refractivity contribution in [1.29, 1.82) is 0 Å². The summed E-state index contributed by atoms with van der Waals surface area (Å²) in [5, 5.41) is 3.67. The molecule has 0 aliphatic rings. The number of carbonyl (C=O) groups is 1. The maximum absolute atomic E-state index is 12.3. The Hall–Kier alpha value is -3.08. The predicted octanol–water partition coefficient (Wildman–Crippen LogP) is 7.76. The number of fused-ring (bicyclic) bond motifs is 1.